The molecule has 0 aliphatic heterocycles. The van der Waals surface area contributed by atoms with Gasteiger partial charge in [-0.25, -0.2) is 4.98 Å². The zero-order valence-electron chi connectivity index (χ0n) is 13.4. The van der Waals surface area contributed by atoms with E-state index in [1.807, 2.05) is 47.5 Å². The van der Waals surface area contributed by atoms with Crippen LogP contribution >= 0.6 is 11.3 Å². The summed E-state index contributed by atoms with van der Waals surface area (Å²) in [7, 11) is 0. The standard InChI is InChI=1S/C19H22N2OS/c1-13-12-23-19(20-13)21(17-5-3-2-4-6-17)18(22)11-16-10-14-7-8-15(16)9-14/h2-6,12,14-16H,7-11H2,1H3/t14-,15-,16-/m1/s1. The summed E-state index contributed by atoms with van der Waals surface area (Å²) in [5.74, 6) is 2.43. The highest BCUT2D eigenvalue weighted by Crippen LogP contribution is 2.50. The number of nitrogens with zero attached hydrogens (tertiary/aromatic N) is 2. The maximum absolute atomic E-state index is 13.1. The minimum atomic E-state index is 0.197. The quantitative estimate of drug-likeness (QED) is 0.797. The first-order chi connectivity index (χ1) is 11.2. The smallest absolute Gasteiger partial charge is 0.233 e. The SMILES string of the molecule is Cc1csc(N(C(=O)C[C@H]2C[C@@H]3CC[C@@H]2C3)c2ccccc2)n1. The molecule has 120 valence electrons. The number of fused-ring (bicyclic) bond motifs is 2. The fourth-order valence-corrected chi connectivity index (χ4v) is 5.16. The molecule has 0 radical (unpaired) electrons. The Morgan fingerprint density at radius 1 is 1.26 bits per heavy atom. The second-order valence-electron chi connectivity index (χ2n) is 6.98. The first kappa shape index (κ1) is 14.9. The molecule has 2 aliphatic rings. The van der Waals surface area contributed by atoms with Crippen LogP contribution in [0.2, 0.25) is 0 Å². The highest BCUT2D eigenvalue weighted by Gasteiger charge is 2.41. The molecule has 2 fully saturated rings. The molecule has 23 heavy (non-hydrogen) atoms. The Hall–Kier alpha value is -1.68. The predicted octanol–water partition coefficient (Wildman–Crippen LogP) is 4.94. The Kier molecular flexibility index (Phi) is 3.93. The summed E-state index contributed by atoms with van der Waals surface area (Å²) < 4.78 is 0. The van der Waals surface area contributed by atoms with Crippen LogP contribution in [0.15, 0.2) is 35.7 Å². The van der Waals surface area contributed by atoms with Crippen molar-refractivity contribution in [2.75, 3.05) is 4.90 Å². The molecule has 1 aromatic carbocycles. The van der Waals surface area contributed by atoms with Gasteiger partial charge in [-0.2, -0.15) is 0 Å². The lowest BCUT2D eigenvalue weighted by Gasteiger charge is -2.25. The minimum absolute atomic E-state index is 0.197. The monoisotopic (exact) mass is 326 g/mol. The van der Waals surface area contributed by atoms with Gasteiger partial charge in [0, 0.05) is 11.8 Å². The molecule has 2 bridgehead atoms. The molecule has 0 saturated heterocycles. The number of benzene rings is 1. The summed E-state index contributed by atoms with van der Waals surface area (Å²) in [6.07, 6.45) is 5.96. The van der Waals surface area contributed by atoms with E-state index in [0.717, 1.165) is 28.3 Å². The summed E-state index contributed by atoms with van der Waals surface area (Å²) >= 11 is 1.55. The number of thiazole rings is 1. The summed E-state index contributed by atoms with van der Waals surface area (Å²) in [6.45, 7) is 1.98. The number of aryl methyl sites for hydroxylation is 1. The lowest BCUT2D eigenvalue weighted by atomic mass is 9.86. The number of aromatic nitrogens is 1. The fourth-order valence-electron chi connectivity index (χ4n) is 4.32. The number of carbonyl (C=O) groups excluding carboxylic acids is 1. The van der Waals surface area contributed by atoms with Crippen LogP contribution in [-0.4, -0.2) is 10.9 Å². The van der Waals surface area contributed by atoms with Gasteiger partial charge in [-0.1, -0.05) is 24.6 Å². The molecule has 0 unspecified atom stereocenters. The van der Waals surface area contributed by atoms with E-state index < -0.39 is 0 Å². The van der Waals surface area contributed by atoms with Crippen molar-refractivity contribution in [2.24, 2.45) is 17.8 Å². The predicted molar refractivity (Wildman–Crippen MR) is 94.0 cm³/mol. The van der Waals surface area contributed by atoms with Crippen LogP contribution in [0.4, 0.5) is 10.8 Å². The van der Waals surface area contributed by atoms with Gasteiger partial charge in [0.1, 0.15) is 0 Å². The number of para-hydroxylation sites is 1. The van der Waals surface area contributed by atoms with Crippen molar-refractivity contribution in [3.63, 3.8) is 0 Å². The average Bonchev–Trinajstić information content (AvgIpc) is 3.26. The Labute approximate surface area is 141 Å². The molecule has 2 aliphatic carbocycles. The first-order valence-electron chi connectivity index (χ1n) is 8.51. The number of amides is 1. The molecule has 4 heteroatoms. The Balaban J connectivity index is 1.58. The number of hydrogen-bond acceptors (Lipinski definition) is 3. The number of anilines is 2. The third kappa shape index (κ3) is 2.92. The van der Waals surface area contributed by atoms with Crippen LogP contribution in [0.5, 0.6) is 0 Å². The maximum atomic E-state index is 13.1. The van der Waals surface area contributed by atoms with Crippen molar-refractivity contribution in [1.82, 2.24) is 4.98 Å². The van der Waals surface area contributed by atoms with E-state index in [2.05, 4.69) is 4.98 Å². The van der Waals surface area contributed by atoms with Gasteiger partial charge in [-0.3, -0.25) is 9.69 Å². The van der Waals surface area contributed by atoms with Crippen molar-refractivity contribution < 1.29 is 4.79 Å². The summed E-state index contributed by atoms with van der Waals surface area (Å²) in [5, 5.41) is 2.80. The van der Waals surface area contributed by atoms with Crippen LogP contribution in [0, 0.1) is 24.7 Å². The number of rotatable bonds is 4. The molecule has 3 atom stereocenters. The van der Waals surface area contributed by atoms with Gasteiger partial charge >= 0.3 is 0 Å². The van der Waals surface area contributed by atoms with Crippen molar-refractivity contribution in [3.8, 4) is 0 Å². The largest absolute Gasteiger partial charge is 0.274 e. The van der Waals surface area contributed by atoms with Gasteiger partial charge in [0.25, 0.3) is 0 Å². The van der Waals surface area contributed by atoms with Crippen LogP contribution in [0.3, 0.4) is 0 Å². The average molecular weight is 326 g/mol. The minimum Gasteiger partial charge on any atom is -0.274 e. The Morgan fingerprint density at radius 3 is 2.70 bits per heavy atom. The molecule has 1 amide bonds. The number of hydrogen-bond donors (Lipinski definition) is 0. The molecule has 0 spiro atoms. The molecule has 1 aromatic heterocycles. The van der Waals surface area contributed by atoms with Crippen LogP contribution < -0.4 is 4.90 Å². The van der Waals surface area contributed by atoms with E-state index in [-0.39, 0.29) is 5.91 Å². The lowest BCUT2D eigenvalue weighted by molar-refractivity contribution is -0.119. The third-order valence-corrected chi connectivity index (χ3v) is 6.33. The van der Waals surface area contributed by atoms with Crippen molar-refractivity contribution >= 4 is 28.1 Å². The third-order valence-electron chi connectivity index (χ3n) is 5.38. The van der Waals surface area contributed by atoms with Crippen LogP contribution in [0.25, 0.3) is 0 Å². The maximum Gasteiger partial charge on any atom is 0.233 e. The lowest BCUT2D eigenvalue weighted by Crippen LogP contribution is -2.29. The summed E-state index contributed by atoms with van der Waals surface area (Å²) in [5.41, 5.74) is 1.90. The molecule has 2 aromatic rings. The van der Waals surface area contributed by atoms with Gasteiger partial charge in [0.2, 0.25) is 5.91 Å². The van der Waals surface area contributed by atoms with Crippen LogP contribution in [-0.2, 0) is 4.79 Å². The van der Waals surface area contributed by atoms with E-state index >= 15 is 0 Å². The normalized spacial score (nSPS) is 25.7. The topological polar surface area (TPSA) is 33.2 Å². The van der Waals surface area contributed by atoms with E-state index in [1.165, 1.54) is 25.7 Å². The Morgan fingerprint density at radius 2 is 2.09 bits per heavy atom. The Bertz CT molecular complexity index is 696. The second kappa shape index (κ2) is 6.08. The molecular weight excluding hydrogens is 304 g/mol. The molecular formula is C19H22N2OS. The van der Waals surface area contributed by atoms with E-state index in [0.29, 0.717) is 12.3 Å². The molecule has 4 rings (SSSR count). The van der Waals surface area contributed by atoms with Gasteiger partial charge in [0.15, 0.2) is 5.13 Å². The van der Waals surface area contributed by atoms with Gasteiger partial charge in [0.05, 0.1) is 11.4 Å². The molecule has 1 heterocycles. The van der Waals surface area contributed by atoms with Crippen molar-refractivity contribution in [1.29, 1.82) is 0 Å². The zero-order valence-corrected chi connectivity index (χ0v) is 14.3. The highest BCUT2D eigenvalue weighted by molar-refractivity contribution is 7.14. The summed E-state index contributed by atoms with van der Waals surface area (Å²) in [4.78, 5) is 19.5. The highest BCUT2D eigenvalue weighted by atomic mass is 32.1. The molecule has 0 N–H and O–H groups in total. The first-order valence-corrected chi connectivity index (χ1v) is 9.39. The zero-order chi connectivity index (χ0) is 15.8. The van der Waals surface area contributed by atoms with Gasteiger partial charge in [-0.05, 0) is 56.1 Å². The van der Waals surface area contributed by atoms with E-state index in [1.54, 1.807) is 11.3 Å². The van der Waals surface area contributed by atoms with E-state index in [4.69, 9.17) is 0 Å². The second-order valence-corrected chi connectivity index (χ2v) is 7.81. The van der Waals surface area contributed by atoms with Crippen molar-refractivity contribution in [3.05, 3.63) is 41.4 Å². The fraction of sp³-hybridized carbons (Fsp3) is 0.474. The van der Waals surface area contributed by atoms with Crippen molar-refractivity contribution in [2.45, 2.75) is 39.0 Å². The van der Waals surface area contributed by atoms with Crippen LogP contribution in [0.1, 0.15) is 37.8 Å². The number of carbonyl (C=O) groups is 1. The summed E-state index contributed by atoms with van der Waals surface area (Å²) in [6, 6.07) is 9.93. The van der Waals surface area contributed by atoms with E-state index in [9.17, 15) is 4.79 Å². The van der Waals surface area contributed by atoms with Gasteiger partial charge in [-0.15, -0.1) is 11.3 Å². The molecule has 3 nitrogen and oxygen atoms in total. The van der Waals surface area contributed by atoms with Gasteiger partial charge < -0.3 is 0 Å². The molecule has 2 saturated carbocycles.